The van der Waals surface area contributed by atoms with Crippen molar-refractivity contribution < 1.29 is 39.5 Å². The van der Waals surface area contributed by atoms with E-state index in [0.717, 1.165) is 13.0 Å². The minimum atomic E-state index is -2.54. The van der Waals surface area contributed by atoms with Crippen molar-refractivity contribution >= 4 is 29.1 Å². The maximum atomic E-state index is 14.0. The number of phenolic OH excluding ortho intramolecular Hbond substituents is 1. The number of fused-ring (bicyclic) bond motifs is 3. The van der Waals surface area contributed by atoms with Crippen LogP contribution in [-0.4, -0.2) is 106 Å². The van der Waals surface area contributed by atoms with Gasteiger partial charge >= 0.3 is 0 Å². The van der Waals surface area contributed by atoms with Crippen LogP contribution in [0.3, 0.4) is 0 Å². The molecule has 0 unspecified atom stereocenters. The van der Waals surface area contributed by atoms with Gasteiger partial charge in [-0.25, -0.2) is 0 Å². The number of amides is 2. The number of benzene rings is 1. The number of nitrogens with zero attached hydrogens (tertiary/aromatic N) is 2. The number of nitrogens with one attached hydrogen (secondary N) is 2. The van der Waals surface area contributed by atoms with Gasteiger partial charge in [0.2, 0.25) is 11.7 Å². The molecule has 1 aliphatic heterocycles. The van der Waals surface area contributed by atoms with E-state index < -0.39 is 58.0 Å². The fraction of sp³-hybridized carbons (Fsp3) is 0.517. The third-order valence-electron chi connectivity index (χ3n) is 9.08. The number of aliphatic hydroxyl groups is 3. The maximum absolute atomic E-state index is 14.0. The number of hydrogen-bond donors (Lipinski definition) is 7. The molecule has 0 bridgehead atoms. The van der Waals surface area contributed by atoms with Crippen LogP contribution in [0.1, 0.15) is 36.5 Å². The van der Waals surface area contributed by atoms with Gasteiger partial charge in [0.1, 0.15) is 28.6 Å². The van der Waals surface area contributed by atoms with E-state index in [-0.39, 0.29) is 41.7 Å². The molecule has 8 N–H and O–H groups in total. The third-order valence-corrected chi connectivity index (χ3v) is 9.08. The second-order valence-electron chi connectivity index (χ2n) is 11.9. The molecule has 42 heavy (non-hydrogen) atoms. The van der Waals surface area contributed by atoms with Gasteiger partial charge in [-0.15, -0.1) is 0 Å². The molecule has 0 radical (unpaired) electrons. The molecule has 5 rings (SSSR count). The molecule has 1 aromatic rings. The van der Waals surface area contributed by atoms with E-state index >= 15 is 0 Å². The molecule has 1 heterocycles. The smallest absolute Gasteiger partial charge is 0.254 e. The molecule has 13 heteroatoms. The molecule has 226 valence electrons. The summed E-state index contributed by atoms with van der Waals surface area (Å²) in [6.07, 6.45) is 1.02. The first-order valence-electron chi connectivity index (χ1n) is 13.8. The zero-order valence-corrected chi connectivity index (χ0v) is 24.0. The maximum Gasteiger partial charge on any atom is 0.254 e. The summed E-state index contributed by atoms with van der Waals surface area (Å²) >= 11 is 0. The summed E-state index contributed by atoms with van der Waals surface area (Å²) < 4.78 is 5.80. The van der Waals surface area contributed by atoms with Crippen LogP contribution in [0.2, 0.25) is 0 Å². The number of primary amides is 1. The number of hydrogen-bond acceptors (Lipinski definition) is 11. The first kappa shape index (κ1) is 29.5. The monoisotopic (exact) mass is 583 g/mol. The number of aliphatic hydroxyl groups excluding tert-OH is 2. The number of carbonyl (C=O) groups excluding carboxylic acids is 3. The summed E-state index contributed by atoms with van der Waals surface area (Å²) in [5.41, 5.74) is 2.48. The van der Waals surface area contributed by atoms with Crippen molar-refractivity contribution in [2.45, 2.75) is 50.4 Å². The molecule has 2 fully saturated rings. The van der Waals surface area contributed by atoms with Crippen molar-refractivity contribution in [2.75, 3.05) is 34.3 Å². The van der Waals surface area contributed by atoms with E-state index in [4.69, 9.17) is 15.9 Å². The molecule has 13 nitrogen and oxygen atoms in total. The highest BCUT2D eigenvalue weighted by molar-refractivity contribution is 6.33. The number of carbonyl (C=O) groups is 3. The summed E-state index contributed by atoms with van der Waals surface area (Å²) in [7, 11) is 4.71. The summed E-state index contributed by atoms with van der Waals surface area (Å²) in [6, 6.07) is 0.483. The lowest BCUT2D eigenvalue weighted by Crippen LogP contribution is -2.67. The van der Waals surface area contributed by atoms with E-state index in [1.165, 1.54) is 20.1 Å². The van der Waals surface area contributed by atoms with Crippen molar-refractivity contribution in [1.29, 1.82) is 5.41 Å². The number of likely N-dealkylation sites (N-methyl/N-ethyl adjacent to an activating group) is 1. The van der Waals surface area contributed by atoms with Gasteiger partial charge in [0.05, 0.1) is 24.4 Å². The van der Waals surface area contributed by atoms with E-state index in [1.807, 2.05) is 0 Å². The molecule has 1 saturated carbocycles. The summed E-state index contributed by atoms with van der Waals surface area (Å²) in [5, 5.41) is 56.9. The van der Waals surface area contributed by atoms with Crippen LogP contribution in [0.5, 0.6) is 11.5 Å². The van der Waals surface area contributed by atoms with Gasteiger partial charge in [0.15, 0.2) is 5.60 Å². The minimum Gasteiger partial charge on any atom is -0.510 e. The number of aromatic hydroxyl groups is 1. The Morgan fingerprint density at radius 3 is 2.57 bits per heavy atom. The van der Waals surface area contributed by atoms with Crippen molar-refractivity contribution in [3.8, 4) is 11.5 Å². The Kier molecular flexibility index (Phi) is 7.32. The number of Topliss-reactive ketones (excluding diaryl/α,β-unsaturated/α-hetero) is 1. The van der Waals surface area contributed by atoms with Gasteiger partial charge in [-0.2, -0.15) is 0 Å². The topological polar surface area (TPSA) is 210 Å². The number of ketones is 1. The standard InChI is InChI=1S/C29H37N5O8/c1-12(35)32-15-5-6-34(11-15)10-14-9-18(36)20-16(25(14)42-4)7-13-8-17-22(33(2)3)24(38)21(28(31)40)26(30)29(17,41)27(39)19(13)23(20)37/h9,13,15,17,22,30,36-38,41H,5-8,10-11H2,1-4H3,(H2,31,40)(H,32,35)/t13-,15-,17-,22-,29+/m0/s1. The van der Waals surface area contributed by atoms with Crippen LogP contribution in [0, 0.1) is 17.2 Å². The number of rotatable bonds is 6. The van der Waals surface area contributed by atoms with E-state index in [1.54, 1.807) is 19.0 Å². The number of phenols is 1. The Labute approximate surface area is 242 Å². The molecule has 0 aromatic heterocycles. The molecule has 4 aliphatic rings. The molecule has 0 spiro atoms. The van der Waals surface area contributed by atoms with E-state index in [9.17, 15) is 34.8 Å². The number of methoxy groups -OCH3 is 1. The van der Waals surface area contributed by atoms with Crippen molar-refractivity contribution in [1.82, 2.24) is 15.1 Å². The van der Waals surface area contributed by atoms with E-state index in [0.29, 0.717) is 30.0 Å². The number of ether oxygens (including phenoxy) is 1. The fourth-order valence-electron chi connectivity index (χ4n) is 7.41. The van der Waals surface area contributed by atoms with Gasteiger partial charge in [-0.05, 0) is 45.3 Å². The highest BCUT2D eigenvalue weighted by atomic mass is 16.5. The lowest BCUT2D eigenvalue weighted by molar-refractivity contribution is -0.138. The number of nitrogens with two attached hydrogens (primary N) is 1. The van der Waals surface area contributed by atoms with Gasteiger partial charge in [0.25, 0.3) is 5.91 Å². The van der Waals surface area contributed by atoms with Crippen LogP contribution in [0.25, 0.3) is 5.76 Å². The van der Waals surface area contributed by atoms with Gasteiger partial charge in [-0.1, -0.05) is 0 Å². The predicted octanol–water partition coefficient (Wildman–Crippen LogP) is 0.134. The summed E-state index contributed by atoms with van der Waals surface area (Å²) in [5.74, 6) is -4.75. The normalized spacial score (nSPS) is 29.4. The average Bonchev–Trinajstić information content (AvgIpc) is 3.31. The Bertz CT molecular complexity index is 1470. The van der Waals surface area contributed by atoms with Crippen LogP contribution in [-0.2, 0) is 27.3 Å². The van der Waals surface area contributed by atoms with Gasteiger partial charge < -0.3 is 41.6 Å². The Morgan fingerprint density at radius 1 is 1.29 bits per heavy atom. The van der Waals surface area contributed by atoms with Crippen molar-refractivity contribution in [2.24, 2.45) is 17.6 Å². The van der Waals surface area contributed by atoms with Gasteiger partial charge in [-0.3, -0.25) is 24.2 Å². The molecule has 2 amide bonds. The zero-order chi connectivity index (χ0) is 30.8. The second-order valence-corrected chi connectivity index (χ2v) is 11.9. The Morgan fingerprint density at radius 2 is 1.98 bits per heavy atom. The van der Waals surface area contributed by atoms with Gasteiger partial charge in [0, 0.05) is 55.2 Å². The Balaban J connectivity index is 1.58. The highest BCUT2D eigenvalue weighted by Crippen LogP contribution is 2.53. The summed E-state index contributed by atoms with van der Waals surface area (Å²) in [4.78, 5) is 41.4. The van der Waals surface area contributed by atoms with Crippen LogP contribution < -0.4 is 15.8 Å². The highest BCUT2D eigenvalue weighted by Gasteiger charge is 2.63. The van der Waals surface area contributed by atoms with Crippen molar-refractivity contribution in [3.05, 3.63) is 39.7 Å². The SMILES string of the molecule is COc1c(CN2CC[C@H](NC(C)=O)C2)cc(O)c2c1C[C@H]1C[C@H]3[C@H](N(C)C)C(O)=C(C(N)=O)C(=N)[C@@]3(O)C(=O)C1=C2O. The van der Waals surface area contributed by atoms with Crippen molar-refractivity contribution in [3.63, 3.8) is 0 Å². The molecular weight excluding hydrogens is 546 g/mol. The molecule has 1 aromatic carbocycles. The Hall–Kier alpha value is -3.94. The van der Waals surface area contributed by atoms with Crippen LogP contribution >= 0.6 is 0 Å². The quantitative estimate of drug-likeness (QED) is 0.241. The first-order valence-corrected chi connectivity index (χ1v) is 13.8. The average molecular weight is 584 g/mol. The lowest BCUT2D eigenvalue weighted by Gasteiger charge is -2.51. The lowest BCUT2D eigenvalue weighted by atomic mass is 9.56. The molecule has 5 atom stereocenters. The summed E-state index contributed by atoms with van der Waals surface area (Å²) in [6.45, 7) is 3.23. The largest absolute Gasteiger partial charge is 0.510 e. The van der Waals surface area contributed by atoms with Crippen LogP contribution in [0.15, 0.2) is 23.0 Å². The minimum absolute atomic E-state index is 0.00908. The zero-order valence-electron chi connectivity index (χ0n) is 24.0. The third kappa shape index (κ3) is 4.34. The molecule has 1 saturated heterocycles. The first-order chi connectivity index (χ1) is 19.7. The second kappa shape index (κ2) is 10.4. The fourth-order valence-corrected chi connectivity index (χ4v) is 7.41. The van der Waals surface area contributed by atoms with E-state index in [2.05, 4.69) is 10.2 Å². The van der Waals surface area contributed by atoms with Crippen LogP contribution in [0.4, 0.5) is 0 Å². The number of likely N-dealkylation sites (tertiary alicyclic amines) is 1. The molecule has 3 aliphatic carbocycles. The predicted molar refractivity (Wildman–Crippen MR) is 151 cm³/mol. The molecular formula is C29H37N5O8.